The van der Waals surface area contributed by atoms with E-state index in [1.165, 1.54) is 24.3 Å². The van der Waals surface area contributed by atoms with E-state index in [4.69, 9.17) is 23.2 Å². The van der Waals surface area contributed by atoms with Crippen molar-refractivity contribution >= 4 is 22.2 Å². The molecular formula is C8H9NO7S. The van der Waals surface area contributed by atoms with Gasteiger partial charge in [0.2, 0.25) is 0 Å². The van der Waals surface area contributed by atoms with Gasteiger partial charge in [-0.1, -0.05) is 12.1 Å². The lowest BCUT2D eigenvalue weighted by Crippen LogP contribution is -2.08. The topological polar surface area (TPSA) is 155 Å². The van der Waals surface area contributed by atoms with Crippen molar-refractivity contribution in [2.45, 2.75) is 0 Å². The number of carboxylic acids is 2. The number of hydrogen-bond donors (Lipinski definition) is 4. The zero-order chi connectivity index (χ0) is 13.6. The third-order valence-corrected chi connectivity index (χ3v) is 1.39. The van der Waals surface area contributed by atoms with Gasteiger partial charge in [0.05, 0.1) is 11.1 Å². The highest BCUT2D eigenvalue weighted by Gasteiger charge is 2.13. The molecule has 0 heterocycles. The van der Waals surface area contributed by atoms with Gasteiger partial charge < -0.3 is 10.2 Å². The van der Waals surface area contributed by atoms with Crippen LogP contribution in [0.2, 0.25) is 0 Å². The third-order valence-electron chi connectivity index (χ3n) is 1.39. The molecule has 1 aromatic rings. The van der Waals surface area contributed by atoms with Crippen LogP contribution in [-0.4, -0.2) is 35.1 Å². The van der Waals surface area contributed by atoms with Crippen LogP contribution in [0.1, 0.15) is 20.7 Å². The van der Waals surface area contributed by atoms with Crippen molar-refractivity contribution < 1.29 is 32.8 Å². The quantitative estimate of drug-likeness (QED) is 0.540. The van der Waals surface area contributed by atoms with Gasteiger partial charge in [0.25, 0.3) is 0 Å². The average molecular weight is 263 g/mol. The minimum atomic E-state index is -4.17. The van der Waals surface area contributed by atoms with Crippen molar-refractivity contribution in [3.63, 3.8) is 0 Å². The Balaban J connectivity index is 0.000000437. The molecule has 0 aliphatic carbocycles. The van der Waals surface area contributed by atoms with E-state index in [2.05, 4.69) is 5.14 Å². The number of benzene rings is 1. The van der Waals surface area contributed by atoms with Crippen molar-refractivity contribution in [3.05, 3.63) is 35.4 Å². The Bertz CT molecular complexity index is 481. The second-order valence-corrected chi connectivity index (χ2v) is 3.70. The summed E-state index contributed by atoms with van der Waals surface area (Å²) < 4.78 is 25.2. The van der Waals surface area contributed by atoms with E-state index in [-0.39, 0.29) is 11.1 Å². The lowest BCUT2D eigenvalue weighted by atomic mass is 10.1. The second kappa shape index (κ2) is 5.94. The molecule has 1 rings (SSSR count). The van der Waals surface area contributed by atoms with Crippen molar-refractivity contribution in [3.8, 4) is 0 Å². The fourth-order valence-electron chi connectivity index (χ4n) is 0.856. The molecule has 1 aromatic carbocycles. The van der Waals surface area contributed by atoms with Gasteiger partial charge in [0.15, 0.2) is 0 Å². The maximum Gasteiger partial charge on any atom is 0.336 e. The Morgan fingerprint density at radius 2 is 1.24 bits per heavy atom. The molecule has 0 spiro atoms. The standard InChI is InChI=1S/C8H6O4.H3NO3S/c9-7(10)5-3-1-2-4-6(5)8(11)12;1-5(2,3)4/h1-4H,(H,9,10)(H,11,12);(H3,1,2,3,4). The summed E-state index contributed by atoms with van der Waals surface area (Å²) in [6.45, 7) is 0. The molecule has 0 unspecified atom stereocenters. The number of aromatic carboxylic acids is 2. The molecule has 0 aromatic heterocycles. The molecule has 94 valence electrons. The van der Waals surface area contributed by atoms with E-state index in [0.717, 1.165) is 0 Å². The molecule has 8 nitrogen and oxygen atoms in total. The number of rotatable bonds is 2. The van der Waals surface area contributed by atoms with Crippen LogP contribution in [0.25, 0.3) is 0 Å². The molecule has 0 atom stereocenters. The van der Waals surface area contributed by atoms with Crippen LogP contribution in [0.4, 0.5) is 0 Å². The van der Waals surface area contributed by atoms with Gasteiger partial charge in [-0.3, -0.25) is 4.55 Å². The van der Waals surface area contributed by atoms with E-state index in [0.29, 0.717) is 0 Å². The van der Waals surface area contributed by atoms with Crippen LogP contribution < -0.4 is 5.14 Å². The molecule has 0 bridgehead atoms. The van der Waals surface area contributed by atoms with E-state index < -0.39 is 22.2 Å². The maximum atomic E-state index is 10.5. The number of hydrogen-bond acceptors (Lipinski definition) is 4. The minimum Gasteiger partial charge on any atom is -0.478 e. The van der Waals surface area contributed by atoms with Gasteiger partial charge in [0, 0.05) is 0 Å². The fourth-order valence-corrected chi connectivity index (χ4v) is 0.856. The van der Waals surface area contributed by atoms with Crippen LogP contribution in [0.15, 0.2) is 24.3 Å². The zero-order valence-corrected chi connectivity index (χ0v) is 9.09. The number of carbonyl (C=O) groups is 2. The SMILES string of the molecule is NS(=O)(=O)O.O=C(O)c1ccccc1C(=O)O. The molecule has 0 aliphatic heterocycles. The highest BCUT2D eigenvalue weighted by molar-refractivity contribution is 7.83. The lowest BCUT2D eigenvalue weighted by Gasteiger charge is -1.98. The summed E-state index contributed by atoms with van der Waals surface area (Å²) in [6, 6.07) is 5.48. The molecule has 0 radical (unpaired) electrons. The molecule has 0 saturated heterocycles. The normalized spacial score (nSPS) is 10.0. The summed E-state index contributed by atoms with van der Waals surface area (Å²) in [7, 11) is -4.17. The van der Waals surface area contributed by atoms with Gasteiger partial charge in [-0.25, -0.2) is 14.7 Å². The molecule has 9 heteroatoms. The summed E-state index contributed by atoms with van der Waals surface area (Å²) in [5.74, 6) is -2.46. The van der Waals surface area contributed by atoms with Gasteiger partial charge in [0.1, 0.15) is 0 Å². The first-order valence-corrected chi connectivity index (χ1v) is 5.44. The summed E-state index contributed by atoms with van der Waals surface area (Å²) in [4.78, 5) is 20.9. The maximum absolute atomic E-state index is 10.5. The molecule has 0 fully saturated rings. The van der Waals surface area contributed by atoms with Crippen LogP contribution in [0, 0.1) is 0 Å². The number of nitrogens with two attached hydrogens (primary N) is 1. The second-order valence-electron chi connectivity index (χ2n) is 2.67. The van der Waals surface area contributed by atoms with E-state index in [9.17, 15) is 9.59 Å². The molecule has 0 aliphatic rings. The van der Waals surface area contributed by atoms with Gasteiger partial charge in [-0.15, -0.1) is 0 Å². The van der Waals surface area contributed by atoms with Crippen LogP contribution in [0.5, 0.6) is 0 Å². The van der Waals surface area contributed by atoms with Crippen molar-refractivity contribution in [2.75, 3.05) is 0 Å². The first kappa shape index (κ1) is 15.0. The van der Waals surface area contributed by atoms with Crippen molar-refractivity contribution in [2.24, 2.45) is 5.14 Å². The van der Waals surface area contributed by atoms with Gasteiger partial charge in [-0.2, -0.15) is 8.42 Å². The van der Waals surface area contributed by atoms with Crippen LogP contribution in [0.3, 0.4) is 0 Å². The first-order chi connectivity index (χ1) is 7.63. The monoisotopic (exact) mass is 263 g/mol. The highest BCUT2D eigenvalue weighted by atomic mass is 32.2. The largest absolute Gasteiger partial charge is 0.478 e. The minimum absolute atomic E-state index is 0.190. The summed E-state index contributed by atoms with van der Waals surface area (Å²) in [5.41, 5.74) is -0.380. The molecule has 0 amide bonds. The number of carboxylic acid groups (broad SMARTS) is 2. The van der Waals surface area contributed by atoms with Gasteiger partial charge >= 0.3 is 22.2 Å². The molecular weight excluding hydrogens is 254 g/mol. The van der Waals surface area contributed by atoms with Gasteiger partial charge in [-0.05, 0) is 12.1 Å². The summed E-state index contributed by atoms with van der Waals surface area (Å²) in [6.07, 6.45) is 0. The Morgan fingerprint density at radius 1 is 1.00 bits per heavy atom. The summed E-state index contributed by atoms with van der Waals surface area (Å²) in [5, 5.41) is 21.0. The molecule has 5 N–H and O–H groups in total. The zero-order valence-electron chi connectivity index (χ0n) is 8.27. The Morgan fingerprint density at radius 3 is 1.41 bits per heavy atom. The Hall–Kier alpha value is -1.97. The lowest BCUT2D eigenvalue weighted by molar-refractivity contribution is 0.0651. The smallest absolute Gasteiger partial charge is 0.336 e. The molecule has 17 heavy (non-hydrogen) atoms. The van der Waals surface area contributed by atoms with Crippen molar-refractivity contribution in [1.29, 1.82) is 0 Å². The Kier molecular flexibility index (Phi) is 5.25. The first-order valence-electron chi connectivity index (χ1n) is 3.93. The van der Waals surface area contributed by atoms with E-state index >= 15 is 0 Å². The predicted molar refractivity (Wildman–Crippen MR) is 56.1 cm³/mol. The van der Waals surface area contributed by atoms with Crippen LogP contribution in [-0.2, 0) is 10.3 Å². The van der Waals surface area contributed by atoms with E-state index in [1.54, 1.807) is 0 Å². The Labute approximate surface area is 96.2 Å². The van der Waals surface area contributed by atoms with E-state index in [1.807, 2.05) is 0 Å². The van der Waals surface area contributed by atoms with Crippen molar-refractivity contribution in [1.82, 2.24) is 0 Å². The fraction of sp³-hybridized carbons (Fsp3) is 0. The predicted octanol–water partition coefficient (Wildman–Crippen LogP) is -0.169. The highest BCUT2D eigenvalue weighted by Crippen LogP contribution is 2.07. The average Bonchev–Trinajstić information content (AvgIpc) is 2.15. The summed E-state index contributed by atoms with van der Waals surface area (Å²) >= 11 is 0. The van der Waals surface area contributed by atoms with Crippen LogP contribution >= 0.6 is 0 Å². The third kappa shape index (κ3) is 7.00. The molecule has 0 saturated carbocycles.